The van der Waals surface area contributed by atoms with Crippen molar-refractivity contribution in [3.63, 3.8) is 0 Å². The molecular formula is C34H41N7O3. The van der Waals surface area contributed by atoms with Crippen LogP contribution in [0.5, 0.6) is 11.5 Å². The number of amides is 1. The van der Waals surface area contributed by atoms with Crippen LogP contribution in [-0.4, -0.2) is 73.7 Å². The molecule has 3 atom stereocenters. The number of hydrogen-bond donors (Lipinski definition) is 5. The van der Waals surface area contributed by atoms with Gasteiger partial charge in [-0.2, -0.15) is 5.10 Å². The molecule has 230 valence electrons. The Morgan fingerprint density at radius 1 is 1.02 bits per heavy atom. The number of benzene rings is 3. The summed E-state index contributed by atoms with van der Waals surface area (Å²) < 4.78 is 11.2. The van der Waals surface area contributed by atoms with Crippen LogP contribution in [-0.2, 0) is 24.2 Å². The highest BCUT2D eigenvalue weighted by atomic mass is 16.5. The molecule has 2 aliphatic heterocycles. The van der Waals surface area contributed by atoms with Crippen molar-refractivity contribution < 1.29 is 14.3 Å². The first kappa shape index (κ1) is 29.5. The molecule has 2 aliphatic rings. The zero-order valence-corrected chi connectivity index (χ0v) is 25.3. The number of methoxy groups -OCH3 is 2. The van der Waals surface area contributed by atoms with E-state index in [-0.39, 0.29) is 24.2 Å². The number of hydrazone groups is 1. The molecule has 2 unspecified atom stereocenters. The zero-order valence-electron chi connectivity index (χ0n) is 25.3. The highest BCUT2D eigenvalue weighted by molar-refractivity contribution is 5.95. The Balaban J connectivity index is 1.32. The van der Waals surface area contributed by atoms with Gasteiger partial charge in [-0.05, 0) is 42.2 Å². The van der Waals surface area contributed by atoms with Crippen LogP contribution in [0.4, 0.5) is 0 Å². The molecule has 0 aliphatic carbocycles. The Morgan fingerprint density at radius 3 is 2.66 bits per heavy atom. The zero-order chi connectivity index (χ0) is 30.3. The Morgan fingerprint density at radius 2 is 1.86 bits per heavy atom. The van der Waals surface area contributed by atoms with Gasteiger partial charge in [0, 0.05) is 61.3 Å². The largest absolute Gasteiger partial charge is 0.497 e. The molecule has 1 saturated heterocycles. The van der Waals surface area contributed by atoms with Crippen molar-refractivity contribution in [2.24, 2.45) is 5.10 Å². The van der Waals surface area contributed by atoms with Gasteiger partial charge in [0.15, 0.2) is 0 Å². The lowest BCUT2D eigenvalue weighted by Crippen LogP contribution is -2.59. The Labute approximate surface area is 258 Å². The monoisotopic (exact) mass is 595 g/mol. The van der Waals surface area contributed by atoms with Crippen molar-refractivity contribution in [3.8, 4) is 11.5 Å². The summed E-state index contributed by atoms with van der Waals surface area (Å²) in [6.45, 7) is 2.73. The summed E-state index contributed by atoms with van der Waals surface area (Å²) in [5, 5.41) is 16.1. The van der Waals surface area contributed by atoms with Gasteiger partial charge in [-0.15, -0.1) is 0 Å². The molecule has 1 amide bonds. The maximum absolute atomic E-state index is 13.6. The van der Waals surface area contributed by atoms with Gasteiger partial charge in [0.1, 0.15) is 23.5 Å². The van der Waals surface area contributed by atoms with Gasteiger partial charge in [0.25, 0.3) is 0 Å². The summed E-state index contributed by atoms with van der Waals surface area (Å²) in [6, 6.07) is 23.9. The predicted octanol–water partition coefficient (Wildman–Crippen LogP) is 3.15. The fourth-order valence-corrected chi connectivity index (χ4v) is 6.08. The number of piperazine rings is 1. The van der Waals surface area contributed by atoms with Crippen molar-refractivity contribution in [2.75, 3.05) is 33.9 Å². The van der Waals surface area contributed by atoms with E-state index in [9.17, 15) is 4.79 Å². The minimum absolute atomic E-state index is 0.0422. The summed E-state index contributed by atoms with van der Waals surface area (Å²) in [7, 11) is 3.32. The van der Waals surface area contributed by atoms with Crippen LogP contribution in [0.1, 0.15) is 23.1 Å². The van der Waals surface area contributed by atoms with Gasteiger partial charge in [-0.3, -0.25) is 10.2 Å². The first-order chi connectivity index (χ1) is 21.6. The lowest BCUT2D eigenvalue weighted by Gasteiger charge is -2.33. The number of hydrogen-bond acceptors (Lipinski definition) is 8. The molecule has 4 aromatic rings. The number of carbonyl (C=O) groups is 1. The highest BCUT2D eigenvalue weighted by Crippen LogP contribution is 2.29. The normalized spacial score (nSPS) is 18.9. The van der Waals surface area contributed by atoms with Gasteiger partial charge in [0.2, 0.25) is 5.91 Å². The Bertz CT molecular complexity index is 1580. The minimum Gasteiger partial charge on any atom is -0.497 e. The molecule has 0 radical (unpaired) electrons. The summed E-state index contributed by atoms with van der Waals surface area (Å²) in [5.74, 6) is 2.23. The first-order valence-corrected chi connectivity index (χ1v) is 15.3. The number of rotatable bonds is 12. The number of para-hydroxylation sites is 1. The summed E-state index contributed by atoms with van der Waals surface area (Å²) in [5.41, 5.74) is 7.88. The van der Waals surface area contributed by atoms with Crippen molar-refractivity contribution in [3.05, 3.63) is 95.7 Å². The molecule has 44 heavy (non-hydrogen) atoms. The Hall–Kier alpha value is -4.54. The molecule has 0 bridgehead atoms. The maximum Gasteiger partial charge on any atom is 0.239 e. The lowest BCUT2D eigenvalue weighted by atomic mass is 10.0. The molecule has 0 saturated carbocycles. The second-order valence-electron chi connectivity index (χ2n) is 11.3. The van der Waals surface area contributed by atoms with Crippen molar-refractivity contribution >= 4 is 22.6 Å². The smallest absolute Gasteiger partial charge is 0.239 e. The highest BCUT2D eigenvalue weighted by Gasteiger charge is 2.35. The third-order valence-corrected chi connectivity index (χ3v) is 8.47. The third kappa shape index (κ3) is 6.66. The van der Waals surface area contributed by atoms with Crippen molar-refractivity contribution in [2.45, 2.75) is 44.1 Å². The van der Waals surface area contributed by atoms with Crippen LogP contribution < -0.4 is 30.8 Å². The number of H-pyrrole nitrogens is 1. The van der Waals surface area contributed by atoms with Gasteiger partial charge in [-0.25, -0.2) is 0 Å². The van der Waals surface area contributed by atoms with E-state index in [2.05, 4.69) is 67.7 Å². The number of aromatic amines is 1. The van der Waals surface area contributed by atoms with E-state index in [0.717, 1.165) is 65.3 Å². The van der Waals surface area contributed by atoms with Crippen LogP contribution in [0, 0.1) is 0 Å². The Kier molecular flexibility index (Phi) is 9.28. The van der Waals surface area contributed by atoms with E-state index in [4.69, 9.17) is 14.6 Å². The minimum atomic E-state index is -0.371. The van der Waals surface area contributed by atoms with E-state index >= 15 is 0 Å². The average molecular weight is 596 g/mol. The maximum atomic E-state index is 13.6. The molecular weight excluding hydrogens is 554 g/mol. The van der Waals surface area contributed by atoms with Gasteiger partial charge in [-0.1, -0.05) is 48.5 Å². The fraction of sp³-hybridized carbons (Fsp3) is 0.353. The van der Waals surface area contributed by atoms with E-state index in [0.29, 0.717) is 19.5 Å². The van der Waals surface area contributed by atoms with E-state index in [1.807, 2.05) is 42.6 Å². The van der Waals surface area contributed by atoms with Gasteiger partial charge >= 0.3 is 0 Å². The number of amidine groups is 1. The molecule has 5 N–H and O–H groups in total. The lowest BCUT2D eigenvalue weighted by molar-refractivity contribution is -0.123. The van der Waals surface area contributed by atoms with Crippen LogP contribution in [0.25, 0.3) is 10.9 Å². The van der Waals surface area contributed by atoms with Crippen LogP contribution in [0.3, 0.4) is 0 Å². The number of ether oxygens (including phenoxy) is 2. The van der Waals surface area contributed by atoms with Crippen molar-refractivity contribution in [1.29, 1.82) is 0 Å². The van der Waals surface area contributed by atoms with E-state index in [1.165, 1.54) is 5.56 Å². The van der Waals surface area contributed by atoms with Gasteiger partial charge < -0.3 is 35.3 Å². The fourth-order valence-electron chi connectivity index (χ4n) is 6.08. The average Bonchev–Trinajstić information content (AvgIpc) is 3.68. The molecule has 1 aromatic heterocycles. The predicted molar refractivity (Wildman–Crippen MR) is 173 cm³/mol. The van der Waals surface area contributed by atoms with E-state index < -0.39 is 0 Å². The number of nitrogens with one attached hydrogen (secondary N) is 5. The van der Waals surface area contributed by atoms with Crippen molar-refractivity contribution in [1.82, 2.24) is 31.3 Å². The number of aryl methyl sites for hydroxylation is 1. The molecule has 6 rings (SSSR count). The SMILES string of the molecule is COc1ccc(CN2C([C@@H](Cc3c[nH]c4ccccc34)NC(=O)C3CNCCN3)=NNC2CCc2ccccc2)c(OC)c1. The number of carbonyl (C=O) groups excluding carboxylic acids is 1. The number of nitrogens with zero attached hydrogens (tertiary/aromatic N) is 2. The summed E-state index contributed by atoms with van der Waals surface area (Å²) >= 11 is 0. The topological polar surface area (TPSA) is 115 Å². The molecule has 3 aromatic carbocycles. The second kappa shape index (κ2) is 13.8. The molecule has 10 nitrogen and oxygen atoms in total. The van der Waals surface area contributed by atoms with Crippen LogP contribution in [0.2, 0.25) is 0 Å². The second-order valence-corrected chi connectivity index (χ2v) is 11.3. The molecule has 10 heteroatoms. The molecule has 0 spiro atoms. The first-order valence-electron chi connectivity index (χ1n) is 15.3. The molecule has 3 heterocycles. The standard InChI is InChI=1S/C34H41N7O3/c1-43-26-14-13-24(31(19-26)44-2)22-41-32(15-12-23-8-4-3-5-9-23)39-40-33(41)29(38-34(42)30-21-35-16-17-36-30)18-25-20-37-28-11-7-6-10-27(25)28/h3-11,13-14,19-20,29-30,32,35-37,39H,12,15-18,21-22H2,1-2H3,(H,38,42)/t29-,30?,32?/m1/s1. The third-order valence-electron chi connectivity index (χ3n) is 8.47. The summed E-state index contributed by atoms with van der Waals surface area (Å²) in [4.78, 5) is 19.3. The number of fused-ring (bicyclic) bond motifs is 1. The quantitative estimate of drug-likeness (QED) is 0.171. The summed E-state index contributed by atoms with van der Waals surface area (Å²) in [6.07, 6.45) is 4.26. The number of aromatic nitrogens is 1. The van der Waals surface area contributed by atoms with Gasteiger partial charge in [0.05, 0.1) is 26.3 Å². The van der Waals surface area contributed by atoms with Crippen LogP contribution in [0.15, 0.2) is 84.1 Å². The van der Waals surface area contributed by atoms with E-state index in [1.54, 1.807) is 14.2 Å². The molecule has 1 fully saturated rings. The van der Waals surface area contributed by atoms with Crippen LogP contribution >= 0.6 is 0 Å².